The highest BCUT2D eigenvalue weighted by molar-refractivity contribution is 5.50. The Balaban J connectivity index is 2.09. The summed E-state index contributed by atoms with van der Waals surface area (Å²) in [4.78, 5) is 15.1. The van der Waals surface area contributed by atoms with Crippen molar-refractivity contribution in [3.63, 3.8) is 0 Å². The maximum Gasteiger partial charge on any atom is 0.134 e. The Morgan fingerprint density at radius 3 is 2.74 bits per heavy atom. The molecule has 1 atom stereocenters. The highest BCUT2D eigenvalue weighted by Gasteiger charge is 2.24. The fourth-order valence-electron chi connectivity index (χ4n) is 2.42. The van der Waals surface area contributed by atoms with Crippen LogP contribution in [-0.4, -0.2) is 73.4 Å². The molecule has 0 aromatic carbocycles. The monoisotopic (exact) mass is 265 g/mol. The lowest BCUT2D eigenvalue weighted by atomic mass is 10.2. The van der Waals surface area contributed by atoms with Gasteiger partial charge < -0.3 is 19.8 Å². The standard InChI is InChI=1S/C13H23N5O/c1-16-5-4-11(9-16)18(3)13-8-12(14-10-15-13)17(2)6-7-19/h8,10-11,19H,4-7,9H2,1-3H3. The first-order valence-corrected chi connectivity index (χ1v) is 6.67. The van der Waals surface area contributed by atoms with Crippen molar-refractivity contribution < 1.29 is 5.11 Å². The quantitative estimate of drug-likeness (QED) is 0.811. The first kappa shape index (κ1) is 14.0. The molecule has 1 aromatic heterocycles. The van der Waals surface area contributed by atoms with E-state index in [9.17, 15) is 0 Å². The molecule has 106 valence electrons. The van der Waals surface area contributed by atoms with E-state index in [1.54, 1.807) is 6.33 Å². The third kappa shape index (κ3) is 3.33. The molecule has 1 N–H and O–H groups in total. The van der Waals surface area contributed by atoms with Crippen molar-refractivity contribution in [2.24, 2.45) is 0 Å². The molecule has 1 aliphatic heterocycles. The van der Waals surface area contributed by atoms with Crippen LogP contribution in [0.5, 0.6) is 0 Å². The number of aliphatic hydroxyl groups excluding tert-OH is 1. The molecule has 6 nitrogen and oxygen atoms in total. The van der Waals surface area contributed by atoms with E-state index in [1.165, 1.54) is 6.42 Å². The van der Waals surface area contributed by atoms with Gasteiger partial charge in [-0.05, 0) is 20.0 Å². The zero-order valence-corrected chi connectivity index (χ0v) is 12.0. The van der Waals surface area contributed by atoms with Crippen LogP contribution in [0.2, 0.25) is 0 Å². The highest BCUT2D eigenvalue weighted by atomic mass is 16.3. The van der Waals surface area contributed by atoms with E-state index in [2.05, 4.69) is 33.9 Å². The highest BCUT2D eigenvalue weighted by Crippen LogP contribution is 2.21. The third-order valence-electron chi connectivity index (χ3n) is 3.74. The van der Waals surface area contributed by atoms with Gasteiger partial charge in [-0.15, -0.1) is 0 Å². The van der Waals surface area contributed by atoms with Crippen LogP contribution in [0.4, 0.5) is 11.6 Å². The van der Waals surface area contributed by atoms with Gasteiger partial charge >= 0.3 is 0 Å². The summed E-state index contributed by atoms with van der Waals surface area (Å²) in [7, 11) is 6.15. The van der Waals surface area contributed by atoms with Gasteiger partial charge in [-0.2, -0.15) is 0 Å². The molecule has 0 spiro atoms. The summed E-state index contributed by atoms with van der Waals surface area (Å²) in [5.41, 5.74) is 0. The van der Waals surface area contributed by atoms with E-state index in [0.717, 1.165) is 24.7 Å². The number of hydrogen-bond donors (Lipinski definition) is 1. The first-order valence-electron chi connectivity index (χ1n) is 6.67. The number of rotatable bonds is 5. The number of nitrogens with zero attached hydrogens (tertiary/aromatic N) is 5. The Kier molecular flexibility index (Phi) is 4.55. The predicted molar refractivity (Wildman–Crippen MR) is 76.7 cm³/mol. The number of likely N-dealkylation sites (tertiary alicyclic amines) is 1. The second kappa shape index (κ2) is 6.16. The zero-order valence-electron chi connectivity index (χ0n) is 12.0. The van der Waals surface area contributed by atoms with E-state index in [0.29, 0.717) is 12.6 Å². The van der Waals surface area contributed by atoms with Crippen LogP contribution in [0.3, 0.4) is 0 Å². The molecule has 0 radical (unpaired) electrons. The molecular formula is C13H23N5O. The first-order chi connectivity index (χ1) is 9.11. The van der Waals surface area contributed by atoms with Gasteiger partial charge in [0.2, 0.25) is 0 Å². The Morgan fingerprint density at radius 2 is 2.11 bits per heavy atom. The summed E-state index contributed by atoms with van der Waals surface area (Å²) in [6.07, 6.45) is 2.76. The van der Waals surface area contributed by atoms with Gasteiger partial charge in [0.1, 0.15) is 18.0 Å². The molecule has 1 unspecified atom stereocenters. The van der Waals surface area contributed by atoms with Crippen LogP contribution in [0.1, 0.15) is 6.42 Å². The van der Waals surface area contributed by atoms with Gasteiger partial charge in [0.15, 0.2) is 0 Å². The molecular weight excluding hydrogens is 242 g/mol. The molecule has 1 aliphatic rings. The van der Waals surface area contributed by atoms with E-state index >= 15 is 0 Å². The van der Waals surface area contributed by atoms with Gasteiger partial charge in [0, 0.05) is 39.3 Å². The SMILES string of the molecule is CN1CCC(N(C)c2cc(N(C)CCO)ncn2)C1. The molecule has 0 saturated carbocycles. The normalized spacial score (nSPS) is 19.7. The molecule has 19 heavy (non-hydrogen) atoms. The average molecular weight is 265 g/mol. The minimum atomic E-state index is 0.124. The number of aliphatic hydroxyl groups is 1. The largest absolute Gasteiger partial charge is 0.395 e. The molecule has 0 amide bonds. The average Bonchev–Trinajstić information content (AvgIpc) is 2.85. The van der Waals surface area contributed by atoms with Gasteiger partial charge in [-0.25, -0.2) is 9.97 Å². The molecule has 1 aromatic rings. The van der Waals surface area contributed by atoms with Gasteiger partial charge in [0.05, 0.1) is 6.61 Å². The van der Waals surface area contributed by atoms with Crippen molar-refractivity contribution in [2.75, 3.05) is 57.2 Å². The van der Waals surface area contributed by atoms with Crippen molar-refractivity contribution in [3.05, 3.63) is 12.4 Å². The minimum Gasteiger partial charge on any atom is -0.395 e. The van der Waals surface area contributed by atoms with E-state index < -0.39 is 0 Å². The van der Waals surface area contributed by atoms with Crippen LogP contribution in [0.25, 0.3) is 0 Å². The topological polar surface area (TPSA) is 55.7 Å². The fourth-order valence-corrected chi connectivity index (χ4v) is 2.42. The Morgan fingerprint density at radius 1 is 1.37 bits per heavy atom. The number of anilines is 2. The third-order valence-corrected chi connectivity index (χ3v) is 3.74. The van der Waals surface area contributed by atoms with Gasteiger partial charge in [-0.3, -0.25) is 0 Å². The smallest absolute Gasteiger partial charge is 0.134 e. The van der Waals surface area contributed by atoms with Crippen LogP contribution in [0, 0.1) is 0 Å². The van der Waals surface area contributed by atoms with Gasteiger partial charge in [0.25, 0.3) is 0 Å². The molecule has 6 heteroatoms. The summed E-state index contributed by atoms with van der Waals surface area (Å²) < 4.78 is 0. The Hall–Kier alpha value is -1.40. The van der Waals surface area contributed by atoms with Gasteiger partial charge in [-0.1, -0.05) is 0 Å². The van der Waals surface area contributed by atoms with E-state index in [-0.39, 0.29) is 6.61 Å². The Labute approximate surface area is 114 Å². The van der Waals surface area contributed by atoms with Crippen molar-refractivity contribution >= 4 is 11.6 Å². The number of aromatic nitrogens is 2. The van der Waals surface area contributed by atoms with Crippen LogP contribution in [-0.2, 0) is 0 Å². The summed E-state index contributed by atoms with van der Waals surface area (Å²) in [6.45, 7) is 2.91. The van der Waals surface area contributed by atoms with Crippen LogP contribution < -0.4 is 9.80 Å². The second-order valence-electron chi connectivity index (χ2n) is 5.20. The van der Waals surface area contributed by atoms with Crippen molar-refractivity contribution in [2.45, 2.75) is 12.5 Å². The second-order valence-corrected chi connectivity index (χ2v) is 5.20. The summed E-state index contributed by atoms with van der Waals surface area (Å²) >= 11 is 0. The molecule has 0 aliphatic carbocycles. The fraction of sp³-hybridized carbons (Fsp3) is 0.692. The van der Waals surface area contributed by atoms with Crippen molar-refractivity contribution in [3.8, 4) is 0 Å². The molecule has 1 fully saturated rings. The molecule has 0 bridgehead atoms. The molecule has 2 heterocycles. The lowest BCUT2D eigenvalue weighted by Crippen LogP contribution is -2.34. The maximum absolute atomic E-state index is 8.98. The van der Waals surface area contributed by atoms with Crippen molar-refractivity contribution in [1.82, 2.24) is 14.9 Å². The lowest BCUT2D eigenvalue weighted by molar-refractivity contribution is 0.304. The van der Waals surface area contributed by atoms with Crippen LogP contribution >= 0.6 is 0 Å². The van der Waals surface area contributed by atoms with E-state index in [4.69, 9.17) is 5.11 Å². The Bertz CT molecular complexity index is 414. The van der Waals surface area contributed by atoms with E-state index in [1.807, 2.05) is 18.0 Å². The molecule has 1 saturated heterocycles. The van der Waals surface area contributed by atoms with Crippen LogP contribution in [0.15, 0.2) is 12.4 Å². The van der Waals surface area contributed by atoms with Crippen molar-refractivity contribution in [1.29, 1.82) is 0 Å². The zero-order chi connectivity index (χ0) is 13.8. The predicted octanol–water partition coefficient (Wildman–Crippen LogP) is 0.0454. The summed E-state index contributed by atoms with van der Waals surface area (Å²) in [5, 5.41) is 8.98. The summed E-state index contributed by atoms with van der Waals surface area (Å²) in [6, 6.07) is 2.49. The molecule has 2 rings (SSSR count). The lowest BCUT2D eigenvalue weighted by Gasteiger charge is -2.26. The minimum absolute atomic E-state index is 0.124. The summed E-state index contributed by atoms with van der Waals surface area (Å²) in [5.74, 6) is 1.78. The maximum atomic E-state index is 8.98. The number of likely N-dealkylation sites (N-methyl/N-ethyl adjacent to an activating group) is 3. The number of hydrogen-bond acceptors (Lipinski definition) is 6.